The molecule has 0 spiro atoms. The van der Waals surface area contributed by atoms with Gasteiger partial charge in [-0.3, -0.25) is 9.59 Å². The normalized spacial score (nSPS) is 14.8. The number of aliphatic hydroxyl groups excluding tert-OH is 1. The number of carbonyl (C=O) groups excluding carboxylic acids is 2. The SMILES string of the molecule is CC(=O)Nc1nc2ccc(NC(=O)c3ccc(N4CCC(O)CC4)cc3)cc2s1. The Kier molecular flexibility index (Phi) is 5.46. The van der Waals surface area contributed by atoms with Crippen LogP contribution in [0.15, 0.2) is 42.5 Å². The van der Waals surface area contributed by atoms with Crippen molar-refractivity contribution in [3.8, 4) is 0 Å². The van der Waals surface area contributed by atoms with Crippen LogP contribution in [0.1, 0.15) is 30.1 Å². The van der Waals surface area contributed by atoms with Crippen LogP contribution in [0.3, 0.4) is 0 Å². The van der Waals surface area contributed by atoms with Gasteiger partial charge in [-0.05, 0) is 55.3 Å². The highest BCUT2D eigenvalue weighted by atomic mass is 32.1. The molecule has 29 heavy (non-hydrogen) atoms. The van der Waals surface area contributed by atoms with E-state index < -0.39 is 0 Å². The van der Waals surface area contributed by atoms with Crippen LogP contribution in [0.5, 0.6) is 0 Å². The molecule has 1 aromatic heterocycles. The first-order chi connectivity index (χ1) is 14.0. The molecule has 2 amide bonds. The predicted octanol–water partition coefficient (Wildman–Crippen LogP) is 3.47. The lowest BCUT2D eigenvalue weighted by atomic mass is 10.1. The van der Waals surface area contributed by atoms with E-state index in [1.54, 1.807) is 6.07 Å². The van der Waals surface area contributed by atoms with Crippen LogP contribution in [0.25, 0.3) is 10.2 Å². The highest BCUT2D eigenvalue weighted by molar-refractivity contribution is 7.22. The highest BCUT2D eigenvalue weighted by Crippen LogP contribution is 2.28. The Morgan fingerprint density at radius 1 is 1.10 bits per heavy atom. The van der Waals surface area contributed by atoms with Crippen LogP contribution in [-0.4, -0.2) is 41.1 Å². The second-order valence-electron chi connectivity index (χ2n) is 7.10. The first-order valence-corrected chi connectivity index (χ1v) is 10.3. The summed E-state index contributed by atoms with van der Waals surface area (Å²) in [5.41, 5.74) is 3.08. The van der Waals surface area contributed by atoms with E-state index >= 15 is 0 Å². The van der Waals surface area contributed by atoms with E-state index in [2.05, 4.69) is 20.5 Å². The van der Waals surface area contributed by atoms with E-state index in [-0.39, 0.29) is 17.9 Å². The second-order valence-corrected chi connectivity index (χ2v) is 8.13. The standard InChI is InChI=1S/C21H22N4O3S/c1-13(26)22-21-24-18-7-4-15(12-19(18)29-21)23-20(28)14-2-5-16(6-3-14)25-10-8-17(27)9-11-25/h2-7,12,17,27H,8-11H2,1H3,(H,23,28)(H,22,24,26). The third-order valence-electron chi connectivity index (χ3n) is 4.89. The average Bonchev–Trinajstić information content (AvgIpc) is 3.09. The number of carbonyl (C=O) groups is 2. The quantitative estimate of drug-likeness (QED) is 0.612. The van der Waals surface area contributed by atoms with Gasteiger partial charge in [0, 0.05) is 37.0 Å². The van der Waals surface area contributed by atoms with Crippen LogP contribution < -0.4 is 15.5 Å². The van der Waals surface area contributed by atoms with Crippen LogP contribution >= 0.6 is 11.3 Å². The first-order valence-electron chi connectivity index (χ1n) is 9.50. The number of thiazole rings is 1. The zero-order valence-electron chi connectivity index (χ0n) is 16.0. The zero-order chi connectivity index (χ0) is 20.4. The van der Waals surface area contributed by atoms with Gasteiger partial charge in [0.05, 0.1) is 16.3 Å². The Labute approximate surface area is 172 Å². The van der Waals surface area contributed by atoms with E-state index in [1.165, 1.54) is 18.3 Å². The molecule has 0 bridgehead atoms. The molecule has 2 aromatic carbocycles. The number of nitrogens with zero attached hydrogens (tertiary/aromatic N) is 2. The number of piperidine rings is 1. The van der Waals surface area contributed by atoms with Gasteiger partial charge in [-0.25, -0.2) is 4.98 Å². The molecule has 7 nitrogen and oxygen atoms in total. The summed E-state index contributed by atoms with van der Waals surface area (Å²) >= 11 is 1.36. The number of hydrogen-bond acceptors (Lipinski definition) is 6. The molecule has 4 rings (SSSR count). The topological polar surface area (TPSA) is 94.6 Å². The van der Waals surface area contributed by atoms with E-state index in [4.69, 9.17) is 0 Å². The molecule has 0 saturated carbocycles. The van der Waals surface area contributed by atoms with Crippen molar-refractivity contribution in [3.05, 3.63) is 48.0 Å². The fraction of sp³-hybridized carbons (Fsp3) is 0.286. The Morgan fingerprint density at radius 2 is 1.83 bits per heavy atom. The van der Waals surface area contributed by atoms with Crippen molar-refractivity contribution in [1.82, 2.24) is 4.98 Å². The largest absolute Gasteiger partial charge is 0.393 e. The summed E-state index contributed by atoms with van der Waals surface area (Å²) in [7, 11) is 0. The molecule has 3 aromatic rings. The summed E-state index contributed by atoms with van der Waals surface area (Å²) in [4.78, 5) is 30.4. The Balaban J connectivity index is 1.44. The molecule has 1 fully saturated rings. The average molecular weight is 410 g/mol. The van der Waals surface area contributed by atoms with Crippen LogP contribution in [0.4, 0.5) is 16.5 Å². The summed E-state index contributed by atoms with van der Waals surface area (Å²) in [5.74, 6) is -0.349. The van der Waals surface area contributed by atoms with E-state index in [0.29, 0.717) is 16.4 Å². The lowest BCUT2D eigenvalue weighted by Gasteiger charge is -2.31. The maximum atomic E-state index is 12.6. The molecule has 150 valence electrons. The zero-order valence-corrected chi connectivity index (χ0v) is 16.8. The van der Waals surface area contributed by atoms with Crippen molar-refractivity contribution < 1.29 is 14.7 Å². The highest BCUT2D eigenvalue weighted by Gasteiger charge is 2.17. The lowest BCUT2D eigenvalue weighted by Crippen LogP contribution is -2.35. The minimum atomic E-state index is -0.207. The molecular formula is C21H22N4O3S. The third kappa shape index (κ3) is 4.55. The summed E-state index contributed by atoms with van der Waals surface area (Å²) in [6.45, 7) is 3.09. The fourth-order valence-electron chi connectivity index (χ4n) is 3.36. The van der Waals surface area contributed by atoms with Gasteiger partial charge in [-0.1, -0.05) is 11.3 Å². The number of aliphatic hydroxyl groups is 1. The number of benzene rings is 2. The second kappa shape index (κ2) is 8.18. The van der Waals surface area contributed by atoms with Gasteiger partial charge >= 0.3 is 0 Å². The van der Waals surface area contributed by atoms with E-state index in [1.807, 2.05) is 36.4 Å². The maximum Gasteiger partial charge on any atom is 0.255 e. The summed E-state index contributed by atoms with van der Waals surface area (Å²) in [5, 5.41) is 15.8. The molecular weight excluding hydrogens is 388 g/mol. The maximum absolute atomic E-state index is 12.6. The van der Waals surface area contributed by atoms with Gasteiger partial charge in [-0.2, -0.15) is 0 Å². The van der Waals surface area contributed by atoms with Crippen LogP contribution in [0.2, 0.25) is 0 Å². The number of anilines is 3. The number of fused-ring (bicyclic) bond motifs is 1. The Bertz CT molecular complexity index is 1040. The number of hydrogen-bond donors (Lipinski definition) is 3. The smallest absolute Gasteiger partial charge is 0.255 e. The molecule has 2 heterocycles. The van der Waals surface area contributed by atoms with Gasteiger partial charge in [0.1, 0.15) is 0 Å². The minimum Gasteiger partial charge on any atom is -0.393 e. The van der Waals surface area contributed by atoms with Gasteiger partial charge in [0.2, 0.25) is 5.91 Å². The molecule has 1 saturated heterocycles. The predicted molar refractivity (Wildman–Crippen MR) is 116 cm³/mol. The van der Waals surface area contributed by atoms with Crippen molar-refractivity contribution in [1.29, 1.82) is 0 Å². The molecule has 1 aliphatic rings. The Hall–Kier alpha value is -2.97. The van der Waals surface area contributed by atoms with Gasteiger partial charge in [0.15, 0.2) is 5.13 Å². The number of rotatable bonds is 4. The molecule has 1 aliphatic heterocycles. The molecule has 8 heteroatoms. The lowest BCUT2D eigenvalue weighted by molar-refractivity contribution is -0.114. The van der Waals surface area contributed by atoms with Gasteiger partial charge < -0.3 is 20.6 Å². The van der Waals surface area contributed by atoms with Crippen molar-refractivity contribution in [2.24, 2.45) is 0 Å². The summed E-state index contributed by atoms with van der Waals surface area (Å²) in [6, 6.07) is 13.0. The summed E-state index contributed by atoms with van der Waals surface area (Å²) < 4.78 is 0.884. The summed E-state index contributed by atoms with van der Waals surface area (Å²) in [6.07, 6.45) is 1.33. The molecule has 0 unspecified atom stereocenters. The Morgan fingerprint density at radius 3 is 2.52 bits per heavy atom. The molecule has 0 radical (unpaired) electrons. The van der Waals surface area contributed by atoms with Crippen LogP contribution in [0, 0.1) is 0 Å². The van der Waals surface area contributed by atoms with Gasteiger partial charge in [-0.15, -0.1) is 0 Å². The molecule has 3 N–H and O–H groups in total. The van der Waals surface area contributed by atoms with Crippen molar-refractivity contribution in [2.75, 3.05) is 28.6 Å². The number of nitrogens with one attached hydrogen (secondary N) is 2. The minimum absolute atomic E-state index is 0.165. The van der Waals surface area contributed by atoms with Crippen LogP contribution in [-0.2, 0) is 4.79 Å². The first kappa shape index (κ1) is 19.4. The number of amides is 2. The van der Waals surface area contributed by atoms with Gasteiger partial charge in [0.25, 0.3) is 5.91 Å². The van der Waals surface area contributed by atoms with Crippen molar-refractivity contribution in [2.45, 2.75) is 25.9 Å². The van der Waals surface area contributed by atoms with Crippen molar-refractivity contribution >= 4 is 49.9 Å². The molecule has 0 atom stereocenters. The van der Waals surface area contributed by atoms with E-state index in [0.717, 1.165) is 41.8 Å². The fourth-order valence-corrected chi connectivity index (χ4v) is 4.31. The van der Waals surface area contributed by atoms with E-state index in [9.17, 15) is 14.7 Å². The molecule has 0 aliphatic carbocycles. The third-order valence-corrected chi connectivity index (χ3v) is 5.82. The number of aromatic nitrogens is 1. The van der Waals surface area contributed by atoms with Crippen molar-refractivity contribution in [3.63, 3.8) is 0 Å². The monoisotopic (exact) mass is 410 g/mol.